The van der Waals surface area contributed by atoms with Crippen molar-refractivity contribution in [2.45, 2.75) is 32.9 Å². The van der Waals surface area contributed by atoms with Gasteiger partial charge in [0.05, 0.1) is 4.47 Å². The Morgan fingerprint density at radius 1 is 1.27 bits per heavy atom. The van der Waals surface area contributed by atoms with Crippen LogP contribution in [0.4, 0.5) is 8.78 Å². The average molecular weight is 278 g/mol. The van der Waals surface area contributed by atoms with Crippen LogP contribution in [0.25, 0.3) is 0 Å². The maximum Gasteiger partial charge on any atom is 0.144 e. The maximum atomic E-state index is 13.5. The van der Waals surface area contributed by atoms with Gasteiger partial charge in [-0.2, -0.15) is 0 Å². The molecule has 15 heavy (non-hydrogen) atoms. The second kappa shape index (κ2) is 4.58. The third-order valence-corrected chi connectivity index (χ3v) is 2.55. The van der Waals surface area contributed by atoms with Gasteiger partial charge in [0.25, 0.3) is 0 Å². The van der Waals surface area contributed by atoms with Crippen LogP contribution in [0.3, 0.4) is 0 Å². The molecule has 0 aromatic heterocycles. The lowest BCUT2D eigenvalue weighted by molar-refractivity contribution is 0.410. The molecule has 0 atom stereocenters. The van der Waals surface area contributed by atoms with E-state index < -0.39 is 11.6 Å². The van der Waals surface area contributed by atoms with Gasteiger partial charge in [-0.15, -0.1) is 0 Å². The fraction of sp³-hybridized carbons (Fsp3) is 0.455. The summed E-state index contributed by atoms with van der Waals surface area (Å²) in [5, 5.41) is 3.05. The molecule has 0 heterocycles. The lowest BCUT2D eigenvalue weighted by atomic mass is 10.1. The molecule has 0 aliphatic rings. The number of nitrogens with one attached hydrogen (secondary N) is 1. The lowest BCUT2D eigenvalue weighted by Crippen LogP contribution is -2.35. The van der Waals surface area contributed by atoms with Crippen LogP contribution < -0.4 is 5.32 Å². The minimum atomic E-state index is -0.535. The van der Waals surface area contributed by atoms with Gasteiger partial charge in [-0.05, 0) is 48.8 Å². The van der Waals surface area contributed by atoms with Gasteiger partial charge in [-0.1, -0.05) is 0 Å². The Morgan fingerprint density at radius 2 is 1.87 bits per heavy atom. The van der Waals surface area contributed by atoms with Crippen molar-refractivity contribution in [3.05, 3.63) is 33.8 Å². The SMILES string of the molecule is CC(C)(C)NCc1c(F)ccc(Br)c1F. The highest BCUT2D eigenvalue weighted by Gasteiger charge is 2.15. The molecule has 0 aliphatic heterocycles. The number of hydrogen-bond donors (Lipinski definition) is 1. The van der Waals surface area contributed by atoms with Gasteiger partial charge in [0.1, 0.15) is 11.6 Å². The van der Waals surface area contributed by atoms with Crippen LogP contribution in [-0.4, -0.2) is 5.54 Å². The smallest absolute Gasteiger partial charge is 0.144 e. The highest BCUT2D eigenvalue weighted by Crippen LogP contribution is 2.21. The Balaban J connectivity index is 2.90. The molecule has 0 spiro atoms. The summed E-state index contributed by atoms with van der Waals surface area (Å²) in [4.78, 5) is 0. The second-order valence-electron chi connectivity index (χ2n) is 4.43. The van der Waals surface area contributed by atoms with Gasteiger partial charge in [0.15, 0.2) is 0 Å². The van der Waals surface area contributed by atoms with Crippen molar-refractivity contribution in [1.82, 2.24) is 5.32 Å². The van der Waals surface area contributed by atoms with Gasteiger partial charge in [0, 0.05) is 17.6 Å². The molecule has 84 valence electrons. The molecule has 0 amide bonds. The molecular weight excluding hydrogens is 264 g/mol. The largest absolute Gasteiger partial charge is 0.308 e. The third kappa shape index (κ3) is 3.54. The molecule has 0 bridgehead atoms. The van der Waals surface area contributed by atoms with Crippen molar-refractivity contribution in [3.8, 4) is 0 Å². The molecule has 0 saturated heterocycles. The van der Waals surface area contributed by atoms with E-state index in [1.165, 1.54) is 12.1 Å². The summed E-state index contributed by atoms with van der Waals surface area (Å²) in [5.41, 5.74) is -0.0967. The van der Waals surface area contributed by atoms with E-state index in [4.69, 9.17) is 0 Å². The summed E-state index contributed by atoms with van der Waals surface area (Å²) in [6, 6.07) is 2.62. The molecule has 1 N–H and O–H groups in total. The van der Waals surface area contributed by atoms with E-state index in [1.807, 2.05) is 20.8 Å². The molecular formula is C11H14BrF2N. The topological polar surface area (TPSA) is 12.0 Å². The average Bonchev–Trinajstić information content (AvgIpc) is 2.10. The highest BCUT2D eigenvalue weighted by molar-refractivity contribution is 9.10. The zero-order valence-corrected chi connectivity index (χ0v) is 10.6. The number of halogens is 3. The predicted octanol–water partition coefficient (Wildman–Crippen LogP) is 3.62. The second-order valence-corrected chi connectivity index (χ2v) is 5.28. The van der Waals surface area contributed by atoms with Gasteiger partial charge in [0.2, 0.25) is 0 Å². The molecule has 1 aromatic carbocycles. The highest BCUT2D eigenvalue weighted by atomic mass is 79.9. The van der Waals surface area contributed by atoms with Crippen molar-refractivity contribution in [2.24, 2.45) is 0 Å². The number of benzene rings is 1. The molecule has 4 heteroatoms. The molecule has 1 nitrogen and oxygen atoms in total. The first kappa shape index (κ1) is 12.6. The summed E-state index contributed by atoms with van der Waals surface area (Å²) in [6.45, 7) is 6.02. The van der Waals surface area contributed by atoms with E-state index >= 15 is 0 Å². The van der Waals surface area contributed by atoms with Crippen LogP contribution in [0.5, 0.6) is 0 Å². The Bertz CT molecular complexity index is 358. The predicted molar refractivity (Wildman–Crippen MR) is 60.7 cm³/mol. The van der Waals surface area contributed by atoms with Gasteiger partial charge in [-0.3, -0.25) is 0 Å². The third-order valence-electron chi connectivity index (χ3n) is 1.93. The normalized spacial score (nSPS) is 11.9. The fourth-order valence-electron chi connectivity index (χ4n) is 1.08. The number of rotatable bonds is 2. The van der Waals surface area contributed by atoms with E-state index in [0.717, 1.165) is 0 Å². The van der Waals surface area contributed by atoms with Crippen LogP contribution in [0.15, 0.2) is 16.6 Å². The maximum absolute atomic E-state index is 13.5. The van der Waals surface area contributed by atoms with Crippen molar-refractivity contribution in [2.75, 3.05) is 0 Å². The van der Waals surface area contributed by atoms with E-state index in [9.17, 15) is 8.78 Å². The first-order valence-electron chi connectivity index (χ1n) is 4.68. The van der Waals surface area contributed by atoms with Crippen LogP contribution in [0.1, 0.15) is 26.3 Å². The fourth-order valence-corrected chi connectivity index (χ4v) is 1.46. The van der Waals surface area contributed by atoms with E-state index in [0.29, 0.717) is 0 Å². The molecule has 0 aliphatic carbocycles. The standard InChI is InChI=1S/C11H14BrF2N/c1-11(2,3)15-6-7-9(13)5-4-8(12)10(7)14/h4-5,15H,6H2,1-3H3. The van der Waals surface area contributed by atoms with Crippen molar-refractivity contribution in [1.29, 1.82) is 0 Å². The van der Waals surface area contributed by atoms with Gasteiger partial charge >= 0.3 is 0 Å². The van der Waals surface area contributed by atoms with Crippen molar-refractivity contribution in [3.63, 3.8) is 0 Å². The summed E-state index contributed by atoms with van der Waals surface area (Å²) >= 11 is 3.03. The molecule has 1 rings (SSSR count). The van der Waals surface area contributed by atoms with Gasteiger partial charge in [-0.25, -0.2) is 8.78 Å². The summed E-state index contributed by atoms with van der Waals surface area (Å²) < 4.78 is 27.1. The molecule has 0 unspecified atom stereocenters. The minimum Gasteiger partial charge on any atom is -0.308 e. The van der Waals surface area contributed by atoms with E-state index in [-0.39, 0.29) is 22.1 Å². The first-order valence-corrected chi connectivity index (χ1v) is 5.48. The van der Waals surface area contributed by atoms with Crippen LogP contribution in [0.2, 0.25) is 0 Å². The van der Waals surface area contributed by atoms with E-state index in [1.54, 1.807) is 0 Å². The summed E-state index contributed by atoms with van der Waals surface area (Å²) in [7, 11) is 0. The molecule has 0 fully saturated rings. The van der Waals surface area contributed by atoms with Crippen molar-refractivity contribution >= 4 is 15.9 Å². The molecule has 1 aromatic rings. The monoisotopic (exact) mass is 277 g/mol. The Morgan fingerprint density at radius 3 is 2.40 bits per heavy atom. The van der Waals surface area contributed by atoms with E-state index in [2.05, 4.69) is 21.2 Å². The van der Waals surface area contributed by atoms with Gasteiger partial charge < -0.3 is 5.32 Å². The Hall–Kier alpha value is -0.480. The van der Waals surface area contributed by atoms with Crippen LogP contribution in [0, 0.1) is 11.6 Å². The minimum absolute atomic E-state index is 0.0688. The van der Waals surface area contributed by atoms with Crippen LogP contribution in [-0.2, 0) is 6.54 Å². The van der Waals surface area contributed by atoms with Crippen molar-refractivity contribution < 1.29 is 8.78 Å². The summed E-state index contributed by atoms with van der Waals surface area (Å²) in [6.07, 6.45) is 0. The summed E-state index contributed by atoms with van der Waals surface area (Å²) in [5.74, 6) is -1.06. The molecule has 0 saturated carbocycles. The lowest BCUT2D eigenvalue weighted by Gasteiger charge is -2.21. The zero-order chi connectivity index (χ0) is 11.6. The first-order chi connectivity index (χ1) is 6.81. The number of hydrogen-bond acceptors (Lipinski definition) is 1. The zero-order valence-electron chi connectivity index (χ0n) is 9.00. The Labute approximate surface area is 97.0 Å². The van der Waals surface area contributed by atoms with Crippen LogP contribution >= 0.6 is 15.9 Å². The molecule has 0 radical (unpaired) electrons. The quantitative estimate of drug-likeness (QED) is 0.815. The Kier molecular flexibility index (Phi) is 3.84.